The van der Waals surface area contributed by atoms with E-state index in [0.29, 0.717) is 19.6 Å². The van der Waals surface area contributed by atoms with Gasteiger partial charge in [0.15, 0.2) is 5.03 Å². The lowest BCUT2D eigenvalue weighted by Crippen LogP contribution is -2.40. The monoisotopic (exact) mass is 308 g/mol. The van der Waals surface area contributed by atoms with E-state index in [4.69, 9.17) is 5.73 Å². The number of aryl methyl sites for hydroxylation is 2. The molecule has 1 fully saturated rings. The van der Waals surface area contributed by atoms with Gasteiger partial charge in [0.05, 0.1) is 0 Å². The Balaban J connectivity index is 0.00000180. The first-order valence-electron chi connectivity index (χ1n) is 6.26. The SMILES string of the molecule is CCn1cc(S(=O)(=O)N2CCCC2CN)nc1C.Cl. The molecule has 0 aliphatic carbocycles. The smallest absolute Gasteiger partial charge is 0.262 e. The van der Waals surface area contributed by atoms with Gasteiger partial charge in [-0.25, -0.2) is 13.4 Å². The zero-order chi connectivity index (χ0) is 13.3. The largest absolute Gasteiger partial charge is 0.334 e. The number of aromatic nitrogens is 2. The molecule has 1 aliphatic heterocycles. The van der Waals surface area contributed by atoms with Crippen LogP contribution in [0.3, 0.4) is 0 Å². The van der Waals surface area contributed by atoms with Gasteiger partial charge < -0.3 is 10.3 Å². The van der Waals surface area contributed by atoms with Gasteiger partial charge in [-0.3, -0.25) is 0 Å². The van der Waals surface area contributed by atoms with Crippen LogP contribution >= 0.6 is 12.4 Å². The van der Waals surface area contributed by atoms with Crippen LogP contribution in [0.15, 0.2) is 11.2 Å². The zero-order valence-corrected chi connectivity index (χ0v) is 12.9. The molecule has 0 saturated carbocycles. The molecule has 110 valence electrons. The summed E-state index contributed by atoms with van der Waals surface area (Å²) in [4.78, 5) is 4.16. The lowest BCUT2D eigenvalue weighted by molar-refractivity contribution is 0.391. The summed E-state index contributed by atoms with van der Waals surface area (Å²) in [6.45, 7) is 5.40. The summed E-state index contributed by atoms with van der Waals surface area (Å²) in [5.74, 6) is 0.722. The molecule has 1 unspecified atom stereocenters. The van der Waals surface area contributed by atoms with Crippen LogP contribution in [0.4, 0.5) is 0 Å². The van der Waals surface area contributed by atoms with Crippen molar-refractivity contribution in [3.63, 3.8) is 0 Å². The molecule has 1 aromatic heterocycles. The molecule has 1 aromatic rings. The van der Waals surface area contributed by atoms with Crippen LogP contribution in [-0.2, 0) is 16.6 Å². The Morgan fingerprint density at radius 1 is 1.53 bits per heavy atom. The van der Waals surface area contributed by atoms with Crippen molar-refractivity contribution in [1.29, 1.82) is 0 Å². The third-order valence-electron chi connectivity index (χ3n) is 3.46. The molecule has 0 bridgehead atoms. The number of halogens is 1. The van der Waals surface area contributed by atoms with Gasteiger partial charge in [-0.2, -0.15) is 4.31 Å². The summed E-state index contributed by atoms with van der Waals surface area (Å²) in [6.07, 6.45) is 3.31. The molecular formula is C11H21ClN4O2S. The van der Waals surface area contributed by atoms with Crippen molar-refractivity contribution in [2.24, 2.45) is 5.73 Å². The van der Waals surface area contributed by atoms with E-state index in [1.54, 1.807) is 6.20 Å². The Bertz CT molecular complexity index is 529. The van der Waals surface area contributed by atoms with E-state index in [1.165, 1.54) is 4.31 Å². The van der Waals surface area contributed by atoms with E-state index in [1.807, 2.05) is 18.4 Å². The topological polar surface area (TPSA) is 81.2 Å². The van der Waals surface area contributed by atoms with E-state index in [-0.39, 0.29) is 23.5 Å². The molecule has 1 saturated heterocycles. The minimum absolute atomic E-state index is 0. The average Bonchev–Trinajstić information content (AvgIpc) is 2.94. The van der Waals surface area contributed by atoms with Crippen molar-refractivity contribution in [1.82, 2.24) is 13.9 Å². The fourth-order valence-electron chi connectivity index (χ4n) is 2.40. The molecule has 0 radical (unpaired) electrons. The highest BCUT2D eigenvalue weighted by Crippen LogP contribution is 2.25. The van der Waals surface area contributed by atoms with Crippen molar-refractivity contribution in [3.05, 3.63) is 12.0 Å². The van der Waals surface area contributed by atoms with Crippen LogP contribution in [-0.4, -0.2) is 41.4 Å². The first-order valence-corrected chi connectivity index (χ1v) is 7.70. The predicted octanol–water partition coefficient (Wildman–Crippen LogP) is 0.745. The maximum Gasteiger partial charge on any atom is 0.262 e. The Kier molecular flexibility index (Phi) is 5.37. The zero-order valence-electron chi connectivity index (χ0n) is 11.2. The maximum atomic E-state index is 12.5. The van der Waals surface area contributed by atoms with Crippen molar-refractivity contribution in [3.8, 4) is 0 Å². The molecule has 1 aliphatic rings. The Morgan fingerprint density at radius 2 is 2.21 bits per heavy atom. The molecule has 2 N–H and O–H groups in total. The molecular weight excluding hydrogens is 288 g/mol. The quantitative estimate of drug-likeness (QED) is 0.890. The molecule has 19 heavy (non-hydrogen) atoms. The number of sulfonamides is 1. The fraction of sp³-hybridized carbons (Fsp3) is 0.727. The third-order valence-corrected chi connectivity index (χ3v) is 5.29. The van der Waals surface area contributed by atoms with E-state index < -0.39 is 10.0 Å². The van der Waals surface area contributed by atoms with E-state index in [2.05, 4.69) is 4.98 Å². The summed E-state index contributed by atoms with van der Waals surface area (Å²) in [5.41, 5.74) is 5.63. The van der Waals surface area contributed by atoms with Gasteiger partial charge in [-0.05, 0) is 26.7 Å². The van der Waals surface area contributed by atoms with Crippen LogP contribution in [0, 0.1) is 6.92 Å². The summed E-state index contributed by atoms with van der Waals surface area (Å²) in [5, 5.41) is 0.141. The van der Waals surface area contributed by atoms with E-state index in [9.17, 15) is 8.42 Å². The minimum Gasteiger partial charge on any atom is -0.334 e. The number of hydrogen-bond acceptors (Lipinski definition) is 4. The van der Waals surface area contributed by atoms with Gasteiger partial charge in [0.2, 0.25) is 0 Å². The van der Waals surface area contributed by atoms with Gasteiger partial charge in [0.25, 0.3) is 10.0 Å². The van der Waals surface area contributed by atoms with Gasteiger partial charge in [0.1, 0.15) is 5.82 Å². The van der Waals surface area contributed by atoms with Crippen molar-refractivity contribution in [2.75, 3.05) is 13.1 Å². The second-order valence-electron chi connectivity index (χ2n) is 4.56. The first-order chi connectivity index (χ1) is 8.50. The molecule has 2 rings (SSSR count). The fourth-order valence-corrected chi connectivity index (χ4v) is 4.11. The average molecular weight is 309 g/mol. The number of hydrogen-bond donors (Lipinski definition) is 1. The molecule has 0 aromatic carbocycles. The maximum absolute atomic E-state index is 12.5. The molecule has 0 spiro atoms. The van der Waals surface area contributed by atoms with Crippen molar-refractivity contribution in [2.45, 2.75) is 44.3 Å². The van der Waals surface area contributed by atoms with Gasteiger partial charge >= 0.3 is 0 Å². The van der Waals surface area contributed by atoms with Crippen LogP contribution in [0.5, 0.6) is 0 Å². The lowest BCUT2D eigenvalue weighted by Gasteiger charge is -2.21. The second kappa shape index (κ2) is 6.21. The molecule has 1 atom stereocenters. The van der Waals surface area contributed by atoms with Crippen LogP contribution in [0.2, 0.25) is 0 Å². The third kappa shape index (κ3) is 2.94. The number of nitrogens with zero attached hydrogens (tertiary/aromatic N) is 3. The standard InChI is InChI=1S/C11H20N4O2S.ClH/c1-3-14-8-11(13-9(14)2)18(16,17)15-6-4-5-10(15)7-12;/h8,10H,3-7,12H2,1-2H3;1H. The van der Waals surface area contributed by atoms with Gasteiger partial charge in [0, 0.05) is 31.9 Å². The minimum atomic E-state index is -3.49. The van der Waals surface area contributed by atoms with Crippen LogP contribution in [0.25, 0.3) is 0 Å². The Morgan fingerprint density at radius 3 is 2.74 bits per heavy atom. The predicted molar refractivity (Wildman–Crippen MR) is 75.9 cm³/mol. The highest BCUT2D eigenvalue weighted by atomic mass is 35.5. The molecule has 0 amide bonds. The summed E-state index contributed by atoms with van der Waals surface area (Å²) < 4.78 is 28.3. The lowest BCUT2D eigenvalue weighted by atomic mass is 10.2. The number of rotatable bonds is 4. The van der Waals surface area contributed by atoms with E-state index >= 15 is 0 Å². The number of imidazole rings is 1. The van der Waals surface area contributed by atoms with Crippen molar-refractivity contribution < 1.29 is 8.42 Å². The highest BCUT2D eigenvalue weighted by molar-refractivity contribution is 7.89. The van der Waals surface area contributed by atoms with Crippen LogP contribution in [0.1, 0.15) is 25.6 Å². The Labute approximate surface area is 120 Å². The highest BCUT2D eigenvalue weighted by Gasteiger charge is 2.36. The second-order valence-corrected chi connectivity index (χ2v) is 6.40. The van der Waals surface area contributed by atoms with Gasteiger partial charge in [-0.15, -0.1) is 12.4 Å². The summed E-state index contributed by atoms with van der Waals surface area (Å²) >= 11 is 0. The normalized spacial score (nSPS) is 20.5. The van der Waals surface area contributed by atoms with Crippen LogP contribution < -0.4 is 5.73 Å². The van der Waals surface area contributed by atoms with E-state index in [0.717, 1.165) is 18.7 Å². The molecule has 8 heteroatoms. The molecule has 6 nitrogen and oxygen atoms in total. The summed E-state index contributed by atoms with van der Waals surface area (Å²) in [7, 11) is -3.49. The summed E-state index contributed by atoms with van der Waals surface area (Å²) in [6, 6.07) is -0.0814. The van der Waals surface area contributed by atoms with Crippen molar-refractivity contribution >= 4 is 22.4 Å². The first kappa shape index (κ1) is 16.4. The Hall–Kier alpha value is -0.630. The number of nitrogens with two attached hydrogens (primary N) is 1. The molecule has 2 heterocycles. The van der Waals surface area contributed by atoms with Gasteiger partial charge in [-0.1, -0.05) is 0 Å².